The predicted molar refractivity (Wildman–Crippen MR) is 58.4 cm³/mol. The number of methoxy groups -OCH3 is 1. The van der Waals surface area contributed by atoms with E-state index in [2.05, 4.69) is 0 Å². The van der Waals surface area contributed by atoms with E-state index in [4.69, 9.17) is 4.74 Å². The lowest BCUT2D eigenvalue weighted by Crippen LogP contribution is -2.09. The fourth-order valence-electron chi connectivity index (χ4n) is 1.47. The van der Waals surface area contributed by atoms with Gasteiger partial charge in [0.2, 0.25) is 0 Å². The number of rotatable bonds is 5. The quantitative estimate of drug-likeness (QED) is 0.562. The van der Waals surface area contributed by atoms with Gasteiger partial charge in [0.1, 0.15) is 6.61 Å². The number of ketones is 1. The number of nitro benzene ring substituents is 1. The second-order valence-corrected chi connectivity index (χ2v) is 3.53. The van der Waals surface area contributed by atoms with Crippen LogP contribution in [-0.4, -0.2) is 24.4 Å². The third-order valence-corrected chi connectivity index (χ3v) is 2.16. The number of aryl methyl sites for hydroxylation is 1. The van der Waals surface area contributed by atoms with Crippen LogP contribution in [0.3, 0.4) is 0 Å². The van der Waals surface area contributed by atoms with Gasteiger partial charge >= 0.3 is 0 Å². The lowest BCUT2D eigenvalue weighted by atomic mass is 10.1. The van der Waals surface area contributed by atoms with Crippen LogP contribution in [0, 0.1) is 17.0 Å². The molecule has 0 heterocycles. The molecule has 0 aliphatic heterocycles. The number of hydrogen-bond acceptors (Lipinski definition) is 4. The molecule has 0 amide bonds. The Kier molecular flexibility index (Phi) is 4.13. The normalized spacial score (nSPS) is 10.1. The Morgan fingerprint density at radius 2 is 2.19 bits per heavy atom. The van der Waals surface area contributed by atoms with E-state index < -0.39 is 4.92 Å². The Balaban J connectivity index is 2.81. The Bertz CT molecular complexity index is 414. The van der Waals surface area contributed by atoms with Gasteiger partial charge in [-0.25, -0.2) is 0 Å². The van der Waals surface area contributed by atoms with Crippen LogP contribution in [0.25, 0.3) is 0 Å². The fraction of sp³-hybridized carbons (Fsp3) is 0.364. The summed E-state index contributed by atoms with van der Waals surface area (Å²) in [5.41, 5.74) is 1.40. The molecule has 0 fully saturated rings. The van der Waals surface area contributed by atoms with Crippen molar-refractivity contribution in [1.82, 2.24) is 0 Å². The van der Waals surface area contributed by atoms with E-state index in [1.165, 1.54) is 13.2 Å². The highest BCUT2D eigenvalue weighted by Gasteiger charge is 2.11. The molecule has 0 unspecified atom stereocenters. The molecule has 0 radical (unpaired) electrons. The van der Waals surface area contributed by atoms with Crippen molar-refractivity contribution in [3.63, 3.8) is 0 Å². The van der Waals surface area contributed by atoms with Crippen molar-refractivity contribution in [2.45, 2.75) is 13.3 Å². The average molecular weight is 223 g/mol. The summed E-state index contributed by atoms with van der Waals surface area (Å²) in [6.07, 6.45) is 0.243. The summed E-state index contributed by atoms with van der Waals surface area (Å²) >= 11 is 0. The topological polar surface area (TPSA) is 69.4 Å². The van der Waals surface area contributed by atoms with Crippen LogP contribution in [0.2, 0.25) is 0 Å². The molecule has 16 heavy (non-hydrogen) atoms. The number of nitro groups is 1. The van der Waals surface area contributed by atoms with E-state index in [1.54, 1.807) is 19.1 Å². The first kappa shape index (κ1) is 12.3. The van der Waals surface area contributed by atoms with E-state index in [1.807, 2.05) is 0 Å². The van der Waals surface area contributed by atoms with Crippen molar-refractivity contribution >= 4 is 11.5 Å². The minimum atomic E-state index is -0.434. The monoisotopic (exact) mass is 223 g/mol. The molecular weight excluding hydrogens is 210 g/mol. The zero-order valence-electron chi connectivity index (χ0n) is 9.23. The molecule has 1 aromatic rings. The lowest BCUT2D eigenvalue weighted by Gasteiger charge is -2.02. The summed E-state index contributed by atoms with van der Waals surface area (Å²) in [4.78, 5) is 21.4. The van der Waals surface area contributed by atoms with Crippen molar-refractivity contribution in [1.29, 1.82) is 0 Å². The highest BCUT2D eigenvalue weighted by molar-refractivity contribution is 5.82. The van der Waals surface area contributed by atoms with Crippen molar-refractivity contribution in [3.8, 4) is 0 Å². The van der Waals surface area contributed by atoms with E-state index in [0.717, 1.165) is 5.56 Å². The van der Waals surface area contributed by atoms with Crippen molar-refractivity contribution < 1.29 is 14.5 Å². The largest absolute Gasteiger partial charge is 0.377 e. The Hall–Kier alpha value is -1.75. The van der Waals surface area contributed by atoms with Crippen LogP contribution in [0.5, 0.6) is 0 Å². The van der Waals surface area contributed by atoms with E-state index in [9.17, 15) is 14.9 Å². The molecular formula is C11H13NO4. The van der Waals surface area contributed by atoms with Crippen molar-refractivity contribution in [2.75, 3.05) is 13.7 Å². The van der Waals surface area contributed by atoms with Crippen LogP contribution < -0.4 is 0 Å². The molecule has 5 nitrogen and oxygen atoms in total. The van der Waals surface area contributed by atoms with E-state index in [0.29, 0.717) is 5.56 Å². The number of Topliss-reactive ketones (excluding diaryl/α,β-unsaturated/α-hetero) is 1. The number of ether oxygens (including phenoxy) is 1. The highest BCUT2D eigenvalue weighted by Crippen LogP contribution is 2.19. The molecule has 86 valence electrons. The second-order valence-electron chi connectivity index (χ2n) is 3.53. The zero-order valence-corrected chi connectivity index (χ0v) is 9.23. The average Bonchev–Trinajstić information content (AvgIpc) is 2.17. The molecule has 0 saturated carbocycles. The Morgan fingerprint density at radius 3 is 2.69 bits per heavy atom. The maximum atomic E-state index is 11.3. The minimum Gasteiger partial charge on any atom is -0.377 e. The number of carbonyl (C=O) groups is 1. The van der Waals surface area contributed by atoms with Crippen LogP contribution in [0.15, 0.2) is 18.2 Å². The van der Waals surface area contributed by atoms with E-state index >= 15 is 0 Å². The molecule has 5 heteroatoms. The Morgan fingerprint density at radius 1 is 1.50 bits per heavy atom. The molecule has 0 aliphatic rings. The standard InChI is InChI=1S/C11H13NO4/c1-8-5-9(6-10(13)7-16-2)3-4-11(8)12(14)15/h3-5H,6-7H2,1-2H3. The molecule has 0 aromatic heterocycles. The number of hydrogen-bond donors (Lipinski definition) is 0. The number of carbonyl (C=O) groups excluding carboxylic acids is 1. The maximum Gasteiger partial charge on any atom is 0.272 e. The first-order chi connectivity index (χ1) is 7.54. The first-order valence-electron chi connectivity index (χ1n) is 4.79. The highest BCUT2D eigenvalue weighted by atomic mass is 16.6. The van der Waals surface area contributed by atoms with Gasteiger partial charge in [-0.1, -0.05) is 6.07 Å². The van der Waals surface area contributed by atoms with Gasteiger partial charge in [-0.3, -0.25) is 14.9 Å². The molecule has 1 rings (SSSR count). The molecule has 0 bridgehead atoms. The first-order valence-corrected chi connectivity index (χ1v) is 4.79. The third kappa shape index (κ3) is 3.13. The molecule has 0 atom stereocenters. The van der Waals surface area contributed by atoms with Gasteiger partial charge in [0.05, 0.1) is 4.92 Å². The van der Waals surface area contributed by atoms with Gasteiger partial charge in [0.15, 0.2) is 5.78 Å². The van der Waals surface area contributed by atoms with Gasteiger partial charge in [-0.2, -0.15) is 0 Å². The molecule has 1 aromatic carbocycles. The molecule has 0 spiro atoms. The zero-order chi connectivity index (χ0) is 12.1. The van der Waals surface area contributed by atoms with Crippen LogP contribution >= 0.6 is 0 Å². The summed E-state index contributed by atoms with van der Waals surface area (Å²) in [6.45, 7) is 1.72. The summed E-state index contributed by atoms with van der Waals surface area (Å²) < 4.78 is 4.71. The van der Waals surface area contributed by atoms with Gasteiger partial charge in [0.25, 0.3) is 5.69 Å². The van der Waals surface area contributed by atoms with E-state index in [-0.39, 0.29) is 24.5 Å². The minimum absolute atomic E-state index is 0.0456. The fourth-order valence-corrected chi connectivity index (χ4v) is 1.47. The summed E-state index contributed by atoms with van der Waals surface area (Å²) in [5, 5.41) is 10.6. The smallest absolute Gasteiger partial charge is 0.272 e. The molecule has 0 aliphatic carbocycles. The lowest BCUT2D eigenvalue weighted by molar-refractivity contribution is -0.385. The van der Waals surface area contributed by atoms with Gasteiger partial charge in [-0.05, 0) is 18.6 Å². The SMILES string of the molecule is COCC(=O)Cc1ccc([N+](=O)[O-])c(C)c1. The van der Waals surface area contributed by atoms with Crippen LogP contribution in [0.4, 0.5) is 5.69 Å². The summed E-state index contributed by atoms with van der Waals surface area (Å²) in [7, 11) is 1.46. The van der Waals surface area contributed by atoms with Gasteiger partial charge in [-0.15, -0.1) is 0 Å². The van der Waals surface area contributed by atoms with Gasteiger partial charge in [0, 0.05) is 25.2 Å². The second kappa shape index (κ2) is 5.37. The molecule has 0 N–H and O–H groups in total. The maximum absolute atomic E-state index is 11.3. The Labute approximate surface area is 93.2 Å². The van der Waals surface area contributed by atoms with Gasteiger partial charge < -0.3 is 4.74 Å². The summed E-state index contributed by atoms with van der Waals surface area (Å²) in [5.74, 6) is -0.0456. The summed E-state index contributed by atoms with van der Waals surface area (Å²) in [6, 6.07) is 4.68. The third-order valence-electron chi connectivity index (χ3n) is 2.16. The van der Waals surface area contributed by atoms with Crippen LogP contribution in [-0.2, 0) is 16.0 Å². The predicted octanol–water partition coefficient (Wildman–Crippen LogP) is 1.66. The molecule has 0 saturated heterocycles. The number of benzene rings is 1. The van der Waals surface area contributed by atoms with Crippen molar-refractivity contribution in [2.24, 2.45) is 0 Å². The number of nitrogens with zero attached hydrogens (tertiary/aromatic N) is 1. The van der Waals surface area contributed by atoms with Crippen LogP contribution in [0.1, 0.15) is 11.1 Å². The van der Waals surface area contributed by atoms with Crippen molar-refractivity contribution in [3.05, 3.63) is 39.4 Å².